The van der Waals surface area contributed by atoms with E-state index in [4.69, 9.17) is 0 Å². The van der Waals surface area contributed by atoms with Crippen molar-refractivity contribution in [2.45, 2.75) is 0 Å². The van der Waals surface area contributed by atoms with E-state index in [1.807, 2.05) is 0 Å². The summed E-state index contributed by atoms with van der Waals surface area (Å²) in [5.74, 6) is 0. The molecule has 0 bridgehead atoms. The Bertz CT molecular complexity index is 2130. The first-order chi connectivity index (χ1) is 18.4. The third-order valence-corrected chi connectivity index (χ3v) is 7.75. The number of para-hydroxylation sites is 1. The van der Waals surface area contributed by atoms with Gasteiger partial charge >= 0.3 is 0 Å². The molecule has 0 amide bonds. The van der Waals surface area contributed by atoms with Crippen molar-refractivity contribution in [2.75, 3.05) is 0 Å². The van der Waals surface area contributed by atoms with Crippen molar-refractivity contribution in [2.24, 2.45) is 0 Å². The summed E-state index contributed by atoms with van der Waals surface area (Å²) in [6.45, 7) is 0. The molecule has 0 unspecified atom stereocenters. The molecule has 0 atom stereocenters. The summed E-state index contributed by atoms with van der Waals surface area (Å²) in [6.07, 6.45) is 0. The lowest BCUT2D eigenvalue weighted by molar-refractivity contribution is 1.19. The molecule has 0 radical (unpaired) electrons. The SMILES string of the molecule is c1ccc(-c2cc(-n3c4ccccc4c4c5ccccc5ccc43)cc3c2ccc2ccccc23)cc1. The molecule has 37 heavy (non-hydrogen) atoms. The Hall–Kier alpha value is -4.88. The molecule has 172 valence electrons. The van der Waals surface area contributed by atoms with Crippen LogP contribution in [0.3, 0.4) is 0 Å². The van der Waals surface area contributed by atoms with Gasteiger partial charge in [0, 0.05) is 16.5 Å². The molecule has 1 heterocycles. The van der Waals surface area contributed by atoms with E-state index in [0.29, 0.717) is 0 Å². The summed E-state index contributed by atoms with van der Waals surface area (Å²) in [5.41, 5.74) is 6.14. The zero-order valence-corrected chi connectivity index (χ0v) is 20.2. The Labute approximate surface area is 214 Å². The maximum atomic E-state index is 2.45. The minimum Gasteiger partial charge on any atom is -0.309 e. The van der Waals surface area contributed by atoms with Crippen LogP contribution in [0.4, 0.5) is 0 Å². The third kappa shape index (κ3) is 2.98. The average molecular weight is 470 g/mol. The Balaban J connectivity index is 1.57. The minimum absolute atomic E-state index is 1.18. The maximum Gasteiger partial charge on any atom is 0.0547 e. The zero-order valence-electron chi connectivity index (χ0n) is 20.2. The molecular weight excluding hydrogens is 446 g/mol. The molecule has 0 saturated carbocycles. The molecule has 1 aromatic heterocycles. The number of hydrogen-bond donors (Lipinski definition) is 0. The molecule has 0 saturated heterocycles. The normalized spacial score (nSPS) is 11.8. The molecule has 1 heteroatoms. The Morgan fingerprint density at radius 3 is 1.86 bits per heavy atom. The van der Waals surface area contributed by atoms with E-state index in [-0.39, 0.29) is 0 Å². The second kappa shape index (κ2) is 7.81. The van der Waals surface area contributed by atoms with Gasteiger partial charge in [0.25, 0.3) is 0 Å². The maximum absolute atomic E-state index is 2.45. The van der Waals surface area contributed by atoms with Crippen molar-refractivity contribution in [3.8, 4) is 16.8 Å². The van der Waals surface area contributed by atoms with Gasteiger partial charge < -0.3 is 4.57 Å². The molecule has 0 N–H and O–H groups in total. The summed E-state index contributed by atoms with van der Waals surface area (Å²) in [4.78, 5) is 0. The lowest BCUT2D eigenvalue weighted by Crippen LogP contribution is -1.96. The highest BCUT2D eigenvalue weighted by molar-refractivity contribution is 6.21. The van der Waals surface area contributed by atoms with Crippen LogP contribution in [0, 0.1) is 0 Å². The molecule has 8 rings (SSSR count). The Kier molecular flexibility index (Phi) is 4.29. The summed E-state index contributed by atoms with van der Waals surface area (Å²) in [7, 11) is 0. The summed E-state index contributed by atoms with van der Waals surface area (Å²) in [5, 5.41) is 10.3. The van der Waals surface area contributed by atoms with Gasteiger partial charge in [0.2, 0.25) is 0 Å². The van der Waals surface area contributed by atoms with Crippen LogP contribution in [0.5, 0.6) is 0 Å². The number of fused-ring (bicyclic) bond motifs is 8. The number of nitrogens with zero attached hydrogens (tertiary/aromatic N) is 1. The van der Waals surface area contributed by atoms with Gasteiger partial charge in [-0.25, -0.2) is 0 Å². The van der Waals surface area contributed by atoms with Crippen LogP contribution in [0.2, 0.25) is 0 Å². The Morgan fingerprint density at radius 1 is 0.378 bits per heavy atom. The van der Waals surface area contributed by atoms with Gasteiger partial charge in [-0.15, -0.1) is 0 Å². The number of benzene rings is 7. The van der Waals surface area contributed by atoms with Crippen molar-refractivity contribution < 1.29 is 0 Å². The zero-order chi connectivity index (χ0) is 24.3. The fourth-order valence-corrected chi connectivity index (χ4v) is 6.10. The lowest BCUT2D eigenvalue weighted by Gasteiger charge is -2.15. The van der Waals surface area contributed by atoms with Crippen LogP contribution in [0.1, 0.15) is 0 Å². The molecule has 0 fully saturated rings. The standard InChI is InChI=1S/C36H23N/c1-2-10-24(11-3-1)32-22-27(23-33-28-14-6-4-12-25(28)18-20-30(32)33)37-34-17-9-8-16-31(34)36-29-15-7-5-13-26(29)19-21-35(36)37/h1-23H. The highest BCUT2D eigenvalue weighted by Crippen LogP contribution is 2.40. The minimum atomic E-state index is 1.18. The summed E-state index contributed by atoms with van der Waals surface area (Å²) < 4.78 is 2.45. The molecule has 1 nitrogen and oxygen atoms in total. The lowest BCUT2D eigenvalue weighted by atomic mass is 9.94. The highest BCUT2D eigenvalue weighted by Gasteiger charge is 2.17. The van der Waals surface area contributed by atoms with Crippen molar-refractivity contribution in [3.05, 3.63) is 140 Å². The average Bonchev–Trinajstić information content (AvgIpc) is 3.32. The van der Waals surface area contributed by atoms with Crippen LogP contribution in [-0.2, 0) is 0 Å². The van der Waals surface area contributed by atoms with Crippen LogP contribution in [0.15, 0.2) is 140 Å². The molecular formula is C36H23N. The predicted molar refractivity (Wildman–Crippen MR) is 159 cm³/mol. The first kappa shape index (κ1) is 20.3. The summed E-state index contributed by atoms with van der Waals surface area (Å²) in [6, 6.07) is 50.8. The quantitative estimate of drug-likeness (QED) is 0.222. The van der Waals surface area contributed by atoms with Crippen LogP contribution in [-0.4, -0.2) is 4.57 Å². The molecule has 8 aromatic rings. The monoisotopic (exact) mass is 469 g/mol. The van der Waals surface area contributed by atoms with Gasteiger partial charge in [0.05, 0.1) is 11.0 Å². The molecule has 0 aliphatic carbocycles. The van der Waals surface area contributed by atoms with Crippen molar-refractivity contribution in [3.63, 3.8) is 0 Å². The molecule has 0 aliphatic heterocycles. The van der Waals surface area contributed by atoms with E-state index in [1.165, 1.54) is 70.9 Å². The van der Waals surface area contributed by atoms with Gasteiger partial charge in [-0.3, -0.25) is 0 Å². The van der Waals surface area contributed by atoms with Gasteiger partial charge in [-0.2, -0.15) is 0 Å². The fourth-order valence-electron chi connectivity index (χ4n) is 6.10. The van der Waals surface area contributed by atoms with Crippen LogP contribution in [0.25, 0.3) is 70.9 Å². The van der Waals surface area contributed by atoms with Crippen molar-refractivity contribution in [1.82, 2.24) is 4.57 Å². The molecule has 0 spiro atoms. The van der Waals surface area contributed by atoms with E-state index in [0.717, 1.165) is 0 Å². The van der Waals surface area contributed by atoms with Crippen LogP contribution < -0.4 is 0 Å². The van der Waals surface area contributed by atoms with Crippen molar-refractivity contribution in [1.29, 1.82) is 0 Å². The fraction of sp³-hybridized carbons (Fsp3) is 0. The number of rotatable bonds is 2. The highest BCUT2D eigenvalue weighted by atomic mass is 15.0. The van der Waals surface area contributed by atoms with Crippen LogP contribution >= 0.6 is 0 Å². The summed E-state index contributed by atoms with van der Waals surface area (Å²) >= 11 is 0. The molecule has 0 aliphatic rings. The molecule has 7 aromatic carbocycles. The van der Waals surface area contributed by atoms with Gasteiger partial charge in [-0.1, -0.05) is 115 Å². The van der Waals surface area contributed by atoms with Crippen molar-refractivity contribution >= 4 is 54.1 Å². The topological polar surface area (TPSA) is 4.93 Å². The Morgan fingerprint density at radius 2 is 1.03 bits per heavy atom. The number of aromatic nitrogens is 1. The van der Waals surface area contributed by atoms with E-state index in [1.54, 1.807) is 0 Å². The second-order valence-corrected chi connectivity index (χ2v) is 9.77. The second-order valence-electron chi connectivity index (χ2n) is 9.77. The van der Waals surface area contributed by atoms with Gasteiger partial charge in [-0.05, 0) is 67.7 Å². The van der Waals surface area contributed by atoms with E-state index in [2.05, 4.69) is 144 Å². The smallest absolute Gasteiger partial charge is 0.0547 e. The van der Waals surface area contributed by atoms with Gasteiger partial charge in [0.15, 0.2) is 0 Å². The number of hydrogen-bond acceptors (Lipinski definition) is 0. The van der Waals surface area contributed by atoms with Gasteiger partial charge in [0.1, 0.15) is 0 Å². The predicted octanol–water partition coefficient (Wildman–Crippen LogP) is 9.91. The van der Waals surface area contributed by atoms with E-state index in [9.17, 15) is 0 Å². The largest absolute Gasteiger partial charge is 0.309 e. The first-order valence-corrected chi connectivity index (χ1v) is 12.8. The first-order valence-electron chi connectivity index (χ1n) is 12.8. The third-order valence-electron chi connectivity index (χ3n) is 7.75. The van der Waals surface area contributed by atoms with E-state index < -0.39 is 0 Å². The van der Waals surface area contributed by atoms with E-state index >= 15 is 0 Å².